The van der Waals surface area contributed by atoms with Gasteiger partial charge in [-0.15, -0.1) is 11.3 Å². The van der Waals surface area contributed by atoms with Gasteiger partial charge in [0.2, 0.25) is 0 Å². The number of rotatable bonds is 16. The maximum atomic E-state index is 5.69. The van der Waals surface area contributed by atoms with Crippen LogP contribution in [0.2, 0.25) is 0 Å². The summed E-state index contributed by atoms with van der Waals surface area (Å²) in [7, 11) is 0. The second-order valence-electron chi connectivity index (χ2n) is 23.8. The van der Waals surface area contributed by atoms with E-state index in [1.165, 1.54) is 111 Å². The lowest BCUT2D eigenvalue weighted by atomic mass is 9.94. The number of aromatic amines is 4. The minimum atomic E-state index is 0.825. The molecular weight excluding hydrogens is 1110 g/mol. The molecule has 9 heteroatoms. The molecular formula is C80H92N8S. The van der Waals surface area contributed by atoms with E-state index in [9.17, 15) is 0 Å². The van der Waals surface area contributed by atoms with Crippen LogP contribution in [0.4, 0.5) is 0 Å². The Kier molecular flexibility index (Phi) is 18.7. The molecule has 0 aliphatic carbocycles. The first kappa shape index (κ1) is 62.6. The van der Waals surface area contributed by atoms with Crippen LogP contribution in [0.3, 0.4) is 0 Å². The van der Waals surface area contributed by atoms with E-state index in [1.54, 1.807) is 11.3 Å². The Labute approximate surface area is 533 Å². The molecule has 0 saturated carbocycles. The molecule has 16 bridgehead atoms. The second-order valence-corrected chi connectivity index (χ2v) is 24.9. The van der Waals surface area contributed by atoms with Gasteiger partial charge >= 0.3 is 0 Å². The summed E-state index contributed by atoms with van der Waals surface area (Å²) in [6.45, 7) is 36.4. The highest BCUT2D eigenvalue weighted by Crippen LogP contribution is 2.45. The fourth-order valence-electron chi connectivity index (χ4n) is 15.3. The molecule has 0 fully saturated rings. The van der Waals surface area contributed by atoms with E-state index in [0.29, 0.717) is 0 Å². The third-order valence-corrected chi connectivity index (χ3v) is 20.4. The molecule has 4 N–H and O–H groups in total. The van der Waals surface area contributed by atoms with E-state index in [1.807, 2.05) is 0 Å². The number of allylic oxidation sites excluding steroid dienone is 8. The zero-order valence-corrected chi connectivity index (χ0v) is 56.9. The van der Waals surface area contributed by atoms with Crippen molar-refractivity contribution >= 4 is 100 Å². The number of aromatic nitrogens is 8. The van der Waals surface area contributed by atoms with Crippen LogP contribution in [0, 0.1) is 23.7 Å². The van der Waals surface area contributed by atoms with Gasteiger partial charge in [0, 0.05) is 44.1 Å². The Bertz CT molecular complexity index is 4090. The molecule has 7 aromatic heterocycles. The first-order valence-electron chi connectivity index (χ1n) is 34.0. The maximum absolute atomic E-state index is 5.69. The molecule has 0 spiro atoms. The first-order valence-corrected chi connectivity index (χ1v) is 34.9. The van der Waals surface area contributed by atoms with E-state index in [2.05, 4.69) is 203 Å². The summed E-state index contributed by atoms with van der Waals surface area (Å²) >= 11 is 1.64. The van der Waals surface area contributed by atoms with Gasteiger partial charge in [-0.2, -0.15) is 0 Å². The van der Waals surface area contributed by atoms with Crippen molar-refractivity contribution in [2.24, 2.45) is 0 Å². The summed E-state index contributed by atoms with van der Waals surface area (Å²) in [5.74, 6) is 15.2. The van der Waals surface area contributed by atoms with Crippen LogP contribution in [0.1, 0.15) is 273 Å². The van der Waals surface area contributed by atoms with Crippen LogP contribution < -0.4 is 0 Å². The van der Waals surface area contributed by atoms with Gasteiger partial charge in [0.1, 0.15) is 0 Å². The molecule has 0 amide bonds. The lowest BCUT2D eigenvalue weighted by Gasteiger charge is -2.08. The number of nitrogens with zero attached hydrogens (tertiary/aromatic N) is 4. The summed E-state index contributed by atoms with van der Waals surface area (Å²) in [4.78, 5) is 40.4. The minimum absolute atomic E-state index is 0.825. The Morgan fingerprint density at radius 2 is 0.461 bits per heavy atom. The average Bonchev–Trinajstić information content (AvgIpc) is 1.64. The topological polar surface area (TPSA) is 115 Å². The van der Waals surface area contributed by atoms with E-state index < -0.39 is 0 Å². The SMILES string of the molecule is CCC1=C(CC)c2nc1cc1[nH]c(cc3[nH]c(cc4nc(c2C#Cc2ccc(C#Cc5c6nc(cc7[nH]c(cc8[nH]c(cc9nc5C(CC)=C9CC)c(CC)c8CC)c(CC)c7CC)C(CC)=C6CC)s2)C(CC)=C4CC)c(CC)c3CC)c(CC)c1CC. The van der Waals surface area contributed by atoms with Gasteiger partial charge in [-0.1, -0.05) is 134 Å². The Morgan fingerprint density at radius 1 is 0.258 bits per heavy atom. The molecule has 0 aromatic carbocycles. The van der Waals surface area contributed by atoms with E-state index >= 15 is 0 Å². The number of thiophene rings is 1. The Morgan fingerprint density at radius 3 is 0.652 bits per heavy atom. The van der Waals surface area contributed by atoms with Crippen molar-refractivity contribution in [2.45, 2.75) is 214 Å². The van der Waals surface area contributed by atoms with Crippen molar-refractivity contribution in [1.82, 2.24) is 39.9 Å². The van der Waals surface area contributed by atoms with Crippen molar-refractivity contribution < 1.29 is 0 Å². The van der Waals surface area contributed by atoms with Gasteiger partial charge in [0.25, 0.3) is 0 Å². The van der Waals surface area contributed by atoms with Crippen molar-refractivity contribution in [3.63, 3.8) is 0 Å². The number of aryl methyl sites for hydroxylation is 8. The van der Waals surface area contributed by atoms with Crippen molar-refractivity contribution in [3.8, 4) is 23.7 Å². The van der Waals surface area contributed by atoms with Gasteiger partial charge in [-0.25, -0.2) is 19.9 Å². The lowest BCUT2D eigenvalue weighted by molar-refractivity contribution is 1.07. The van der Waals surface area contributed by atoms with Gasteiger partial charge in [0.05, 0.1) is 66.4 Å². The standard InChI is InChI=1S/C80H92N8S/c1-17-47-51(21-5)69-41-73-55(25-9)59(29-13)77(85-73)63(78-60(30-14)56(26-10)74(86-78)42-70-52(22-6)48(18-2)66(82-70)39-65(47)81-69)37-35-45-33-34-46(89-45)36-38-64-79-61(31-15)57(27-11)75(87-79)43-71-53(23-7)49(19-3)67(83-71)40-68-50(20-4)54(24-8)72(84-68)44-76-58(28-12)62(32-16)80(64)88-76/h33-34,39-44,81-84H,17-32H2,1-16H3. The third kappa shape index (κ3) is 10.9. The van der Waals surface area contributed by atoms with Crippen LogP contribution in [-0.2, 0) is 51.4 Å². The predicted octanol–water partition coefficient (Wildman–Crippen LogP) is 21.2. The molecule has 0 unspecified atom stereocenters. The normalized spacial score (nSPS) is 13.3. The summed E-state index contributed by atoms with van der Waals surface area (Å²) in [6.07, 6.45) is 14.1. The number of hydrogen-bond acceptors (Lipinski definition) is 5. The number of hydrogen-bond donors (Lipinski definition) is 4. The molecule has 89 heavy (non-hydrogen) atoms. The van der Waals surface area contributed by atoms with Crippen LogP contribution >= 0.6 is 11.3 Å². The number of H-pyrrole nitrogens is 4. The quantitative estimate of drug-likeness (QED) is 0.0722. The van der Waals surface area contributed by atoms with Crippen LogP contribution in [0.15, 0.2) is 48.5 Å². The molecule has 4 aliphatic rings. The fourth-order valence-corrected chi connectivity index (χ4v) is 16.0. The van der Waals surface area contributed by atoms with E-state index in [-0.39, 0.29) is 0 Å². The van der Waals surface area contributed by atoms with Crippen molar-refractivity contribution in [2.75, 3.05) is 0 Å². The number of nitrogens with one attached hydrogen (secondary N) is 4. The van der Waals surface area contributed by atoms with E-state index in [0.717, 1.165) is 191 Å². The third-order valence-electron chi connectivity index (χ3n) is 19.4. The van der Waals surface area contributed by atoms with Gasteiger partial charge in [-0.3, -0.25) is 0 Å². The first-order chi connectivity index (χ1) is 43.4. The zero-order chi connectivity index (χ0) is 62.9. The predicted molar refractivity (Wildman–Crippen MR) is 383 cm³/mol. The van der Waals surface area contributed by atoms with Crippen LogP contribution in [0.5, 0.6) is 0 Å². The van der Waals surface area contributed by atoms with Crippen molar-refractivity contribution in [3.05, 3.63) is 159 Å². The largest absolute Gasteiger partial charge is 0.355 e. The highest BCUT2D eigenvalue weighted by Gasteiger charge is 2.30. The minimum Gasteiger partial charge on any atom is -0.355 e. The van der Waals surface area contributed by atoms with Crippen molar-refractivity contribution in [1.29, 1.82) is 0 Å². The van der Waals surface area contributed by atoms with Gasteiger partial charge in [-0.05, 0) is 240 Å². The summed E-state index contributed by atoms with van der Waals surface area (Å²) in [5, 5.41) is 0. The van der Waals surface area contributed by atoms with Crippen LogP contribution in [0.25, 0.3) is 88.7 Å². The molecule has 8 nitrogen and oxygen atoms in total. The highest BCUT2D eigenvalue weighted by atomic mass is 32.1. The van der Waals surface area contributed by atoms with Crippen LogP contribution in [-0.4, -0.2) is 39.9 Å². The average molecular weight is 1200 g/mol. The Hall–Kier alpha value is -7.98. The smallest absolute Gasteiger partial charge is 0.0851 e. The zero-order valence-electron chi connectivity index (χ0n) is 56.1. The summed E-state index contributed by atoms with van der Waals surface area (Å²) in [5.41, 5.74) is 39.8. The Balaban J connectivity index is 1.17. The molecule has 458 valence electrons. The van der Waals surface area contributed by atoms with E-state index in [4.69, 9.17) is 19.9 Å². The summed E-state index contributed by atoms with van der Waals surface area (Å²) in [6, 6.07) is 18.3. The maximum Gasteiger partial charge on any atom is 0.0851 e. The second kappa shape index (κ2) is 26.6. The molecule has 7 aromatic rings. The summed E-state index contributed by atoms with van der Waals surface area (Å²) < 4.78 is 0. The molecule has 0 atom stereocenters. The molecule has 0 radical (unpaired) electrons. The molecule has 11 rings (SSSR count). The highest BCUT2D eigenvalue weighted by molar-refractivity contribution is 7.13. The fraction of sp³-hybridized carbons (Fsp3) is 0.400. The number of fused-ring (bicyclic) bond motifs is 16. The molecule has 4 aliphatic heterocycles. The monoisotopic (exact) mass is 1200 g/mol. The lowest BCUT2D eigenvalue weighted by Crippen LogP contribution is -1.95. The van der Waals surface area contributed by atoms with Gasteiger partial charge < -0.3 is 19.9 Å². The molecule has 11 heterocycles. The molecule has 0 saturated heterocycles. The van der Waals surface area contributed by atoms with Gasteiger partial charge in [0.15, 0.2) is 0 Å².